The van der Waals surface area contributed by atoms with Crippen molar-refractivity contribution < 1.29 is 22.0 Å². The molecule has 2 aromatic heterocycles. The Labute approximate surface area is 237 Å². The minimum absolute atomic E-state index is 0.0552. The Morgan fingerprint density at radius 2 is 1.85 bits per heavy atom. The third-order valence-electron chi connectivity index (χ3n) is 9.08. The molecule has 4 aliphatic rings. The van der Waals surface area contributed by atoms with Gasteiger partial charge in [-0.1, -0.05) is 19.9 Å². The minimum Gasteiger partial charge on any atom is -0.338 e. The van der Waals surface area contributed by atoms with Crippen LogP contribution in [-0.4, -0.2) is 77.6 Å². The van der Waals surface area contributed by atoms with Gasteiger partial charge in [-0.3, -0.25) is 4.79 Å². The van der Waals surface area contributed by atoms with Crippen LogP contribution in [-0.2, 0) is 20.0 Å². The van der Waals surface area contributed by atoms with Crippen LogP contribution in [0.4, 0.5) is 14.7 Å². The average Bonchev–Trinajstić information content (AvgIpc) is 2.92. The largest absolute Gasteiger partial charge is 0.338 e. The summed E-state index contributed by atoms with van der Waals surface area (Å²) in [6, 6.07) is 7.43. The molecule has 1 aromatic carbocycles. The zero-order valence-electron chi connectivity index (χ0n) is 23.3. The number of amides is 1. The number of nitrogens with zero attached hydrogens (tertiary/aromatic N) is 6. The monoisotopic (exact) mass is 582 g/mol. The standard InChI is InChI=1S/C29H32F2N6O3S/c1-28(2)16-18-7-9-29(28,26-19(18)15-22(34-35-26)25-20(30)5-4-6-21(25)31)23-8-10-32-27(33-23)37-12-11-36(24(38)17-37)13-14-41(3,39)40/h4-6,8,10,15,18H,7,9,11-14,16-17H2,1-3H3/t18-,29+/m1/s1. The van der Waals surface area contributed by atoms with Gasteiger partial charge in [-0.05, 0) is 60.4 Å². The Bertz CT molecular complexity index is 1630. The first-order valence-corrected chi connectivity index (χ1v) is 15.8. The smallest absolute Gasteiger partial charge is 0.242 e. The predicted octanol–water partition coefficient (Wildman–Crippen LogP) is 3.50. The zero-order valence-corrected chi connectivity index (χ0v) is 24.1. The second-order valence-corrected chi connectivity index (χ2v) is 14.3. The van der Waals surface area contributed by atoms with Crippen molar-refractivity contribution in [3.8, 4) is 11.3 Å². The van der Waals surface area contributed by atoms with Gasteiger partial charge < -0.3 is 9.80 Å². The molecular weight excluding hydrogens is 550 g/mol. The van der Waals surface area contributed by atoms with Gasteiger partial charge in [0.2, 0.25) is 11.9 Å². The van der Waals surface area contributed by atoms with Crippen molar-refractivity contribution in [1.29, 1.82) is 0 Å². The zero-order chi connectivity index (χ0) is 29.2. The van der Waals surface area contributed by atoms with E-state index in [-0.39, 0.29) is 47.3 Å². The molecule has 1 amide bonds. The van der Waals surface area contributed by atoms with Crippen molar-refractivity contribution in [2.24, 2.45) is 5.41 Å². The maximum atomic E-state index is 14.6. The fourth-order valence-corrected chi connectivity index (χ4v) is 7.52. The lowest BCUT2D eigenvalue weighted by Gasteiger charge is -2.56. The van der Waals surface area contributed by atoms with E-state index in [4.69, 9.17) is 4.98 Å². The van der Waals surface area contributed by atoms with Gasteiger partial charge in [-0.25, -0.2) is 27.2 Å². The van der Waals surface area contributed by atoms with Crippen LogP contribution in [0.5, 0.6) is 0 Å². The van der Waals surface area contributed by atoms with Gasteiger partial charge in [0, 0.05) is 32.1 Å². The first kappa shape index (κ1) is 27.6. The van der Waals surface area contributed by atoms with Crippen molar-refractivity contribution in [1.82, 2.24) is 25.1 Å². The summed E-state index contributed by atoms with van der Waals surface area (Å²) in [7, 11) is -3.18. The first-order chi connectivity index (χ1) is 19.4. The lowest BCUT2D eigenvalue weighted by Crippen LogP contribution is -2.54. The van der Waals surface area contributed by atoms with Crippen molar-refractivity contribution in [3.63, 3.8) is 0 Å². The molecule has 3 aromatic rings. The molecule has 0 spiro atoms. The molecule has 0 unspecified atom stereocenters. The molecule has 1 saturated carbocycles. The average molecular weight is 583 g/mol. The van der Waals surface area contributed by atoms with E-state index in [1.54, 1.807) is 17.2 Å². The fourth-order valence-electron chi connectivity index (χ4n) is 6.97. The van der Waals surface area contributed by atoms with E-state index < -0.39 is 26.9 Å². The summed E-state index contributed by atoms with van der Waals surface area (Å²) in [6.07, 6.45) is 5.36. The summed E-state index contributed by atoms with van der Waals surface area (Å²) in [5.41, 5.74) is 1.65. The SMILES string of the molecule is CC1(C)C[C@H]2CC[C@]1(c1ccnc(N3CCN(CCS(C)(=O)=O)C(=O)C3)n1)c1nnc(-c3c(F)cccc3F)cc12. The Hall–Kier alpha value is -3.54. The third-order valence-corrected chi connectivity index (χ3v) is 10.0. The molecule has 0 N–H and O–H groups in total. The number of hydrogen-bond donors (Lipinski definition) is 0. The van der Waals surface area contributed by atoms with Gasteiger partial charge in [0.15, 0.2) is 0 Å². The Kier molecular flexibility index (Phi) is 6.59. The minimum atomic E-state index is -3.18. The second-order valence-electron chi connectivity index (χ2n) is 12.0. The molecule has 41 heavy (non-hydrogen) atoms. The Balaban J connectivity index is 1.35. The van der Waals surface area contributed by atoms with Crippen molar-refractivity contribution in [3.05, 3.63) is 65.1 Å². The molecule has 216 valence electrons. The number of fused-ring (bicyclic) bond motifs is 2. The summed E-state index contributed by atoms with van der Waals surface area (Å²) in [4.78, 5) is 25.7. The van der Waals surface area contributed by atoms with E-state index in [0.29, 0.717) is 19.0 Å². The molecule has 12 heteroatoms. The molecule has 3 aliphatic carbocycles. The van der Waals surface area contributed by atoms with Crippen LogP contribution < -0.4 is 4.90 Å². The highest BCUT2D eigenvalue weighted by atomic mass is 32.2. The maximum absolute atomic E-state index is 14.6. The Morgan fingerprint density at radius 3 is 2.54 bits per heavy atom. The molecule has 2 bridgehead atoms. The molecule has 3 heterocycles. The van der Waals surface area contributed by atoms with Crippen LogP contribution in [0.25, 0.3) is 11.3 Å². The maximum Gasteiger partial charge on any atom is 0.242 e. The van der Waals surface area contributed by atoms with Gasteiger partial charge in [0.05, 0.1) is 40.4 Å². The summed E-state index contributed by atoms with van der Waals surface area (Å²) in [5.74, 6) is -0.992. The lowest BCUT2D eigenvalue weighted by molar-refractivity contribution is -0.130. The summed E-state index contributed by atoms with van der Waals surface area (Å²) in [5, 5.41) is 8.97. The van der Waals surface area contributed by atoms with Crippen LogP contribution in [0.15, 0.2) is 36.5 Å². The van der Waals surface area contributed by atoms with Crippen LogP contribution in [0.2, 0.25) is 0 Å². The number of rotatable bonds is 6. The predicted molar refractivity (Wildman–Crippen MR) is 149 cm³/mol. The van der Waals surface area contributed by atoms with Crippen molar-refractivity contribution in [2.45, 2.75) is 44.4 Å². The number of carbonyl (C=O) groups excluding carboxylic acids is 1. The molecule has 7 rings (SSSR count). The number of hydrogen-bond acceptors (Lipinski definition) is 8. The van der Waals surface area contributed by atoms with Crippen molar-refractivity contribution in [2.75, 3.05) is 43.1 Å². The number of carbonyl (C=O) groups is 1. The van der Waals surface area contributed by atoms with E-state index in [0.717, 1.165) is 42.5 Å². The number of halogens is 2. The molecule has 2 atom stereocenters. The normalized spacial score (nSPS) is 23.5. The summed E-state index contributed by atoms with van der Waals surface area (Å²) in [6.45, 7) is 5.47. The number of sulfone groups is 1. The van der Waals surface area contributed by atoms with Gasteiger partial charge in [0.1, 0.15) is 21.5 Å². The van der Waals surface area contributed by atoms with E-state index in [1.165, 1.54) is 18.2 Å². The highest BCUT2D eigenvalue weighted by Crippen LogP contribution is 2.64. The van der Waals surface area contributed by atoms with Crippen LogP contribution in [0.1, 0.15) is 56.0 Å². The topological polar surface area (TPSA) is 109 Å². The second kappa shape index (κ2) is 9.78. The summed E-state index contributed by atoms with van der Waals surface area (Å²) < 4.78 is 52.3. The lowest BCUT2D eigenvalue weighted by atomic mass is 9.47. The molecule has 2 fully saturated rings. The molecule has 1 aliphatic heterocycles. The number of aromatic nitrogens is 4. The van der Waals surface area contributed by atoms with Gasteiger partial charge >= 0.3 is 0 Å². The number of benzene rings is 1. The van der Waals surface area contributed by atoms with Crippen LogP contribution in [0.3, 0.4) is 0 Å². The highest BCUT2D eigenvalue weighted by Gasteiger charge is 2.59. The van der Waals surface area contributed by atoms with Crippen LogP contribution in [0, 0.1) is 17.0 Å². The quantitative estimate of drug-likeness (QED) is 0.435. The number of anilines is 1. The highest BCUT2D eigenvalue weighted by molar-refractivity contribution is 7.90. The fraction of sp³-hybridized carbons (Fsp3) is 0.483. The van der Waals surface area contributed by atoms with Gasteiger partial charge in [-0.2, -0.15) is 5.10 Å². The first-order valence-electron chi connectivity index (χ1n) is 13.8. The molecular formula is C29H32F2N6O3S. The third kappa shape index (κ3) is 4.65. The van der Waals surface area contributed by atoms with Gasteiger partial charge in [-0.15, -0.1) is 5.10 Å². The van der Waals surface area contributed by atoms with E-state index >= 15 is 0 Å². The summed E-state index contributed by atoms with van der Waals surface area (Å²) >= 11 is 0. The van der Waals surface area contributed by atoms with Gasteiger partial charge in [0.25, 0.3) is 0 Å². The number of piperazine rings is 1. The molecule has 9 nitrogen and oxygen atoms in total. The molecule has 0 radical (unpaired) electrons. The van der Waals surface area contributed by atoms with Crippen molar-refractivity contribution >= 4 is 21.7 Å². The van der Waals surface area contributed by atoms with Crippen LogP contribution >= 0.6 is 0 Å². The molecule has 1 saturated heterocycles. The van der Waals surface area contributed by atoms with E-state index in [9.17, 15) is 22.0 Å². The Morgan fingerprint density at radius 1 is 1.10 bits per heavy atom. The van der Waals surface area contributed by atoms with E-state index in [1.807, 2.05) is 11.0 Å². The van der Waals surface area contributed by atoms with E-state index in [2.05, 4.69) is 29.0 Å².